The Morgan fingerprint density at radius 1 is 1.50 bits per heavy atom. The molecule has 0 heterocycles. The molecule has 14 heavy (non-hydrogen) atoms. The zero-order valence-corrected chi connectivity index (χ0v) is 8.36. The highest BCUT2D eigenvalue weighted by molar-refractivity contribution is 5.78. The van der Waals surface area contributed by atoms with Crippen molar-refractivity contribution < 1.29 is 14.6 Å². The molecule has 1 atom stereocenters. The van der Waals surface area contributed by atoms with Crippen LogP contribution in [0, 0.1) is 0 Å². The summed E-state index contributed by atoms with van der Waals surface area (Å²) in [4.78, 5) is 11.4. The lowest BCUT2D eigenvalue weighted by atomic mass is 9.96. The van der Waals surface area contributed by atoms with E-state index in [-0.39, 0.29) is 17.6 Å². The zero-order valence-electron chi connectivity index (χ0n) is 8.36. The SMILES string of the molecule is CC[C@H](C(=O)OC)c1ccccc1O. The van der Waals surface area contributed by atoms with E-state index in [1.165, 1.54) is 7.11 Å². The van der Waals surface area contributed by atoms with Crippen molar-refractivity contribution in [2.24, 2.45) is 0 Å². The number of benzene rings is 1. The maximum Gasteiger partial charge on any atom is 0.313 e. The van der Waals surface area contributed by atoms with Crippen LogP contribution >= 0.6 is 0 Å². The fourth-order valence-corrected chi connectivity index (χ4v) is 1.44. The van der Waals surface area contributed by atoms with Crippen molar-refractivity contribution in [1.29, 1.82) is 0 Å². The van der Waals surface area contributed by atoms with E-state index in [9.17, 15) is 9.90 Å². The van der Waals surface area contributed by atoms with Gasteiger partial charge in [0.1, 0.15) is 5.75 Å². The first kappa shape index (κ1) is 10.6. The van der Waals surface area contributed by atoms with Gasteiger partial charge in [-0.05, 0) is 12.5 Å². The maximum absolute atomic E-state index is 11.4. The van der Waals surface area contributed by atoms with E-state index in [4.69, 9.17) is 0 Å². The number of ether oxygens (including phenoxy) is 1. The van der Waals surface area contributed by atoms with Crippen molar-refractivity contribution in [3.8, 4) is 5.75 Å². The summed E-state index contributed by atoms with van der Waals surface area (Å²) in [5.74, 6) is -0.542. The van der Waals surface area contributed by atoms with Gasteiger partial charge in [0, 0.05) is 5.56 Å². The molecule has 3 heteroatoms. The molecule has 0 saturated heterocycles. The lowest BCUT2D eigenvalue weighted by Crippen LogP contribution is -2.13. The summed E-state index contributed by atoms with van der Waals surface area (Å²) in [6.07, 6.45) is 0.615. The topological polar surface area (TPSA) is 46.5 Å². The molecule has 76 valence electrons. The molecular formula is C11H14O3. The number of rotatable bonds is 3. The van der Waals surface area contributed by atoms with Crippen LogP contribution in [0.1, 0.15) is 24.8 Å². The van der Waals surface area contributed by atoms with Crippen LogP contribution in [0.4, 0.5) is 0 Å². The van der Waals surface area contributed by atoms with Crippen molar-refractivity contribution in [2.75, 3.05) is 7.11 Å². The zero-order chi connectivity index (χ0) is 10.6. The number of carbonyl (C=O) groups excluding carboxylic acids is 1. The van der Waals surface area contributed by atoms with Gasteiger partial charge in [0.2, 0.25) is 0 Å². The number of phenols is 1. The lowest BCUT2D eigenvalue weighted by molar-refractivity contribution is -0.142. The quantitative estimate of drug-likeness (QED) is 0.749. The first-order chi connectivity index (χ1) is 6.70. The van der Waals surface area contributed by atoms with Crippen LogP contribution in [0.25, 0.3) is 0 Å². The summed E-state index contributed by atoms with van der Waals surface area (Å²) in [7, 11) is 1.35. The molecule has 0 spiro atoms. The van der Waals surface area contributed by atoms with Crippen LogP contribution in [0.3, 0.4) is 0 Å². The molecule has 1 aromatic carbocycles. The minimum atomic E-state index is -0.374. The minimum Gasteiger partial charge on any atom is -0.508 e. The molecule has 0 aliphatic rings. The van der Waals surface area contributed by atoms with E-state index in [0.29, 0.717) is 12.0 Å². The van der Waals surface area contributed by atoms with Crippen molar-refractivity contribution in [3.63, 3.8) is 0 Å². The highest BCUT2D eigenvalue weighted by atomic mass is 16.5. The average molecular weight is 194 g/mol. The lowest BCUT2D eigenvalue weighted by Gasteiger charge is -2.13. The first-order valence-corrected chi connectivity index (χ1v) is 4.56. The van der Waals surface area contributed by atoms with E-state index >= 15 is 0 Å². The molecule has 0 saturated carbocycles. The standard InChI is InChI=1S/C11H14O3/c1-3-8(11(13)14-2)9-6-4-5-7-10(9)12/h4-8,12H,3H2,1-2H3/t8-/m0/s1. The highest BCUT2D eigenvalue weighted by Gasteiger charge is 2.21. The molecule has 0 bridgehead atoms. The van der Waals surface area contributed by atoms with Gasteiger partial charge >= 0.3 is 5.97 Å². The van der Waals surface area contributed by atoms with Crippen LogP contribution in [-0.2, 0) is 9.53 Å². The molecule has 1 N–H and O–H groups in total. The molecule has 0 radical (unpaired) electrons. The molecule has 0 aromatic heterocycles. The van der Waals surface area contributed by atoms with Crippen molar-refractivity contribution in [3.05, 3.63) is 29.8 Å². The second-order valence-electron chi connectivity index (χ2n) is 3.04. The Balaban J connectivity index is 3.01. The maximum atomic E-state index is 11.4. The van der Waals surface area contributed by atoms with Crippen molar-refractivity contribution >= 4 is 5.97 Å². The van der Waals surface area contributed by atoms with Crippen LogP contribution in [0.15, 0.2) is 24.3 Å². The Morgan fingerprint density at radius 2 is 2.14 bits per heavy atom. The third-order valence-electron chi connectivity index (χ3n) is 2.21. The molecular weight excluding hydrogens is 180 g/mol. The van der Waals surface area contributed by atoms with E-state index in [0.717, 1.165) is 0 Å². The second-order valence-corrected chi connectivity index (χ2v) is 3.04. The predicted molar refractivity (Wildman–Crippen MR) is 53.2 cm³/mol. The highest BCUT2D eigenvalue weighted by Crippen LogP contribution is 2.28. The van der Waals surface area contributed by atoms with Crippen LogP contribution in [0.2, 0.25) is 0 Å². The van der Waals surface area contributed by atoms with E-state index in [1.807, 2.05) is 6.92 Å². The van der Waals surface area contributed by atoms with Crippen molar-refractivity contribution in [2.45, 2.75) is 19.3 Å². The molecule has 1 aromatic rings. The number of hydrogen-bond acceptors (Lipinski definition) is 3. The summed E-state index contributed by atoms with van der Waals surface area (Å²) in [5.41, 5.74) is 0.627. The first-order valence-electron chi connectivity index (χ1n) is 4.56. The third-order valence-corrected chi connectivity index (χ3v) is 2.21. The minimum absolute atomic E-state index is 0.143. The average Bonchev–Trinajstić information content (AvgIpc) is 2.21. The van der Waals surface area contributed by atoms with Gasteiger partial charge in [-0.2, -0.15) is 0 Å². The summed E-state index contributed by atoms with van der Waals surface area (Å²) >= 11 is 0. The van der Waals surface area contributed by atoms with Gasteiger partial charge in [-0.15, -0.1) is 0 Å². The largest absolute Gasteiger partial charge is 0.508 e. The third kappa shape index (κ3) is 2.05. The normalized spacial score (nSPS) is 12.1. The van der Waals surface area contributed by atoms with Gasteiger partial charge in [0.15, 0.2) is 0 Å². The van der Waals surface area contributed by atoms with Crippen LogP contribution in [-0.4, -0.2) is 18.2 Å². The summed E-state index contributed by atoms with van der Waals surface area (Å²) < 4.78 is 4.66. The number of aromatic hydroxyl groups is 1. The molecule has 0 amide bonds. The Kier molecular flexibility index (Phi) is 3.51. The van der Waals surface area contributed by atoms with E-state index < -0.39 is 0 Å². The number of carbonyl (C=O) groups is 1. The molecule has 0 aliphatic heterocycles. The number of phenolic OH excluding ortho intramolecular Hbond substituents is 1. The molecule has 1 rings (SSSR count). The Bertz CT molecular complexity index is 320. The molecule has 3 nitrogen and oxygen atoms in total. The number of para-hydroxylation sites is 1. The molecule has 0 aliphatic carbocycles. The number of methoxy groups -OCH3 is 1. The Hall–Kier alpha value is -1.51. The Labute approximate surface area is 83.3 Å². The van der Waals surface area contributed by atoms with Gasteiger partial charge in [-0.25, -0.2) is 0 Å². The molecule has 0 fully saturated rings. The van der Waals surface area contributed by atoms with Crippen molar-refractivity contribution in [1.82, 2.24) is 0 Å². The predicted octanol–water partition coefficient (Wildman–Crippen LogP) is 2.06. The van der Waals surface area contributed by atoms with Gasteiger partial charge in [0.25, 0.3) is 0 Å². The Morgan fingerprint density at radius 3 is 2.64 bits per heavy atom. The fourth-order valence-electron chi connectivity index (χ4n) is 1.44. The number of esters is 1. The summed E-state index contributed by atoms with van der Waals surface area (Å²) in [6.45, 7) is 1.88. The van der Waals surface area contributed by atoms with Crippen LogP contribution in [0.5, 0.6) is 5.75 Å². The van der Waals surface area contributed by atoms with Gasteiger partial charge in [-0.3, -0.25) is 4.79 Å². The van der Waals surface area contributed by atoms with Crippen LogP contribution < -0.4 is 0 Å². The van der Waals surface area contributed by atoms with Gasteiger partial charge in [0.05, 0.1) is 13.0 Å². The monoisotopic (exact) mass is 194 g/mol. The summed E-state index contributed by atoms with van der Waals surface area (Å²) in [6, 6.07) is 6.82. The summed E-state index contributed by atoms with van der Waals surface area (Å²) in [5, 5.41) is 9.55. The fraction of sp³-hybridized carbons (Fsp3) is 0.364. The van der Waals surface area contributed by atoms with Gasteiger partial charge in [-0.1, -0.05) is 25.1 Å². The second kappa shape index (κ2) is 4.65. The van der Waals surface area contributed by atoms with Gasteiger partial charge < -0.3 is 9.84 Å². The number of hydrogen-bond donors (Lipinski definition) is 1. The van der Waals surface area contributed by atoms with E-state index in [2.05, 4.69) is 4.74 Å². The van der Waals surface area contributed by atoms with E-state index in [1.54, 1.807) is 24.3 Å². The smallest absolute Gasteiger partial charge is 0.313 e. The molecule has 0 unspecified atom stereocenters.